The van der Waals surface area contributed by atoms with Crippen LogP contribution in [0.2, 0.25) is 5.02 Å². The second-order valence-corrected chi connectivity index (χ2v) is 13.8. The summed E-state index contributed by atoms with van der Waals surface area (Å²) >= 11 is 5.88. The molecule has 0 unspecified atom stereocenters. The van der Waals surface area contributed by atoms with Crippen LogP contribution in [-0.4, -0.2) is 43.8 Å². The van der Waals surface area contributed by atoms with Gasteiger partial charge in [0.1, 0.15) is 12.6 Å². The van der Waals surface area contributed by atoms with E-state index in [0.29, 0.717) is 22.4 Å². The lowest BCUT2D eigenvalue weighted by Crippen LogP contribution is -2.54. The summed E-state index contributed by atoms with van der Waals surface area (Å²) in [6.45, 7) is 4.64. The number of alkyl halides is 3. The molecule has 2 atom stereocenters. The fraction of sp³-hybridized carbons (Fsp3) is 0.278. The predicted molar refractivity (Wildman–Crippen MR) is 181 cm³/mol. The maximum Gasteiger partial charge on any atom is 0.417 e. The third-order valence-electron chi connectivity index (χ3n) is 7.86. The Hall–Kier alpha value is -4.35. The smallest absolute Gasteiger partial charge is 0.352 e. The number of anilines is 1. The fourth-order valence-corrected chi connectivity index (χ4v) is 6.79. The molecule has 0 bridgehead atoms. The van der Waals surface area contributed by atoms with Crippen LogP contribution >= 0.6 is 11.6 Å². The summed E-state index contributed by atoms with van der Waals surface area (Å²) in [5.41, 5.74) is 0.667. The molecule has 48 heavy (non-hydrogen) atoms. The molecule has 0 aliphatic rings. The van der Waals surface area contributed by atoms with Gasteiger partial charge in [-0.15, -0.1) is 0 Å². The second-order valence-electron chi connectivity index (χ2n) is 11.5. The number of nitrogens with one attached hydrogen (secondary N) is 1. The molecule has 0 spiro atoms. The van der Waals surface area contributed by atoms with Crippen molar-refractivity contribution in [1.82, 2.24) is 10.2 Å². The van der Waals surface area contributed by atoms with E-state index in [1.54, 1.807) is 30.3 Å². The van der Waals surface area contributed by atoms with Crippen LogP contribution in [0.15, 0.2) is 108 Å². The normalized spacial score (nSPS) is 13.0. The maximum atomic E-state index is 14.5. The number of sulfonamides is 1. The number of hydrogen-bond donors (Lipinski definition) is 1. The lowest BCUT2D eigenvalue weighted by atomic mass is 10.0. The van der Waals surface area contributed by atoms with Crippen molar-refractivity contribution >= 4 is 39.1 Å². The van der Waals surface area contributed by atoms with E-state index in [2.05, 4.69) is 5.32 Å². The molecule has 2 amide bonds. The van der Waals surface area contributed by atoms with Crippen LogP contribution in [0.4, 0.5) is 18.9 Å². The highest BCUT2D eigenvalue weighted by Gasteiger charge is 2.37. The summed E-state index contributed by atoms with van der Waals surface area (Å²) in [6.07, 6.45) is -4.17. The third-order valence-corrected chi connectivity index (χ3v) is 9.98. The van der Waals surface area contributed by atoms with Crippen LogP contribution in [0, 0.1) is 6.92 Å². The molecule has 0 aromatic heterocycles. The lowest BCUT2D eigenvalue weighted by molar-refractivity contribution is -0.140. The highest BCUT2D eigenvalue weighted by atomic mass is 35.5. The van der Waals surface area contributed by atoms with Gasteiger partial charge in [-0.05, 0) is 61.7 Å². The second kappa shape index (κ2) is 15.7. The van der Waals surface area contributed by atoms with Gasteiger partial charge in [-0.3, -0.25) is 13.9 Å². The summed E-state index contributed by atoms with van der Waals surface area (Å²) < 4.78 is 70.6. The quantitative estimate of drug-likeness (QED) is 0.157. The van der Waals surface area contributed by atoms with E-state index in [0.717, 1.165) is 23.3 Å². The average Bonchev–Trinajstić information content (AvgIpc) is 3.05. The molecule has 0 saturated heterocycles. The Morgan fingerprint density at radius 3 is 2.10 bits per heavy atom. The zero-order valence-electron chi connectivity index (χ0n) is 26.7. The first-order valence-electron chi connectivity index (χ1n) is 15.3. The van der Waals surface area contributed by atoms with Gasteiger partial charge in [0.15, 0.2) is 0 Å². The van der Waals surface area contributed by atoms with E-state index >= 15 is 0 Å². The van der Waals surface area contributed by atoms with E-state index < -0.39 is 56.9 Å². The van der Waals surface area contributed by atoms with E-state index in [1.807, 2.05) is 51.1 Å². The van der Waals surface area contributed by atoms with Crippen molar-refractivity contribution in [1.29, 1.82) is 0 Å². The first-order chi connectivity index (χ1) is 22.7. The van der Waals surface area contributed by atoms with Crippen LogP contribution in [0.25, 0.3) is 0 Å². The highest BCUT2D eigenvalue weighted by Crippen LogP contribution is 2.38. The molecule has 7 nitrogen and oxygen atoms in total. The Balaban J connectivity index is 1.86. The van der Waals surface area contributed by atoms with Crippen LogP contribution in [0.3, 0.4) is 0 Å². The molecule has 0 aliphatic heterocycles. The molecule has 0 saturated carbocycles. The standard InChI is InChI=1S/C36H37ClF3N3O4S/c1-4-26(3)41-35(45)33(21-27-13-7-5-8-14-27)42(23-28-15-11-12-25(2)20-28)34(44)24-43(48(46,47)30-16-9-6-10-17-30)29-18-19-32(37)31(22-29)36(38,39)40/h5-20,22,26,33H,4,21,23-24H2,1-3H3,(H,41,45)/t26-,33-/m0/s1. The van der Waals surface area contributed by atoms with E-state index in [4.69, 9.17) is 11.6 Å². The number of benzene rings is 4. The largest absolute Gasteiger partial charge is 0.417 e. The van der Waals surface area contributed by atoms with Gasteiger partial charge >= 0.3 is 6.18 Å². The number of nitrogens with zero attached hydrogens (tertiary/aromatic N) is 2. The lowest BCUT2D eigenvalue weighted by Gasteiger charge is -2.34. The van der Waals surface area contributed by atoms with Crippen LogP contribution < -0.4 is 9.62 Å². The van der Waals surface area contributed by atoms with Crippen molar-refractivity contribution < 1.29 is 31.2 Å². The molecule has 1 N–H and O–H groups in total. The molecule has 4 rings (SSSR count). The molecule has 0 radical (unpaired) electrons. The summed E-state index contributed by atoms with van der Waals surface area (Å²) in [7, 11) is -4.59. The number of amides is 2. The third kappa shape index (κ3) is 9.17. The minimum absolute atomic E-state index is 0.0699. The van der Waals surface area contributed by atoms with Crippen LogP contribution in [-0.2, 0) is 38.8 Å². The molecule has 4 aromatic rings. The van der Waals surface area contributed by atoms with E-state index in [-0.39, 0.29) is 23.9 Å². The Morgan fingerprint density at radius 2 is 1.50 bits per heavy atom. The molecular weight excluding hydrogens is 663 g/mol. The van der Waals surface area contributed by atoms with E-state index in [1.165, 1.54) is 29.2 Å². The van der Waals surface area contributed by atoms with E-state index in [9.17, 15) is 31.2 Å². The Kier molecular flexibility index (Phi) is 11.9. The van der Waals surface area contributed by atoms with Gasteiger partial charge in [-0.25, -0.2) is 8.42 Å². The summed E-state index contributed by atoms with van der Waals surface area (Å²) in [5.74, 6) is -1.24. The number of hydrogen-bond acceptors (Lipinski definition) is 4. The van der Waals surface area contributed by atoms with Gasteiger partial charge in [0.05, 0.1) is 21.2 Å². The molecule has 12 heteroatoms. The first-order valence-corrected chi connectivity index (χ1v) is 17.2. The molecule has 0 aliphatic carbocycles. The number of aryl methyl sites for hydroxylation is 1. The summed E-state index contributed by atoms with van der Waals surface area (Å²) in [5, 5.41) is 2.32. The number of halogens is 4. The first kappa shape index (κ1) is 36.5. The Labute approximate surface area is 284 Å². The predicted octanol–water partition coefficient (Wildman–Crippen LogP) is 7.42. The number of carbonyl (C=O) groups excluding carboxylic acids is 2. The van der Waals surface area contributed by atoms with Crippen molar-refractivity contribution in [3.8, 4) is 0 Å². The van der Waals surface area contributed by atoms with Crippen molar-refractivity contribution in [2.45, 2.75) is 63.3 Å². The molecule has 4 aromatic carbocycles. The van der Waals surface area contributed by atoms with Crippen molar-refractivity contribution in [3.05, 3.63) is 130 Å². The summed E-state index contributed by atoms with van der Waals surface area (Å²) in [4.78, 5) is 29.5. The SMILES string of the molecule is CC[C@H](C)NC(=O)[C@H](Cc1ccccc1)N(Cc1cccc(C)c1)C(=O)CN(c1ccc(Cl)c(C(F)(F)F)c1)S(=O)(=O)c1ccccc1. The topological polar surface area (TPSA) is 86.8 Å². The zero-order valence-corrected chi connectivity index (χ0v) is 28.3. The fourth-order valence-electron chi connectivity index (χ4n) is 5.14. The van der Waals surface area contributed by atoms with Crippen LogP contribution in [0.1, 0.15) is 42.5 Å². The van der Waals surface area contributed by atoms with Crippen LogP contribution in [0.5, 0.6) is 0 Å². The Morgan fingerprint density at radius 1 is 0.875 bits per heavy atom. The van der Waals surface area contributed by atoms with Gasteiger partial charge in [0.2, 0.25) is 11.8 Å². The summed E-state index contributed by atoms with van der Waals surface area (Å²) in [6, 6.07) is 24.8. The zero-order chi connectivity index (χ0) is 35.1. The molecular formula is C36H37ClF3N3O4S. The molecule has 0 fully saturated rings. The monoisotopic (exact) mass is 699 g/mol. The average molecular weight is 700 g/mol. The molecule has 254 valence electrons. The maximum absolute atomic E-state index is 14.5. The van der Waals surface area contributed by atoms with Gasteiger partial charge in [-0.1, -0.05) is 96.9 Å². The van der Waals surface area contributed by atoms with Crippen molar-refractivity contribution in [2.75, 3.05) is 10.8 Å². The van der Waals surface area contributed by atoms with Gasteiger partial charge in [-0.2, -0.15) is 13.2 Å². The van der Waals surface area contributed by atoms with Gasteiger partial charge in [0.25, 0.3) is 10.0 Å². The number of carbonyl (C=O) groups is 2. The minimum atomic E-state index is -4.90. The highest BCUT2D eigenvalue weighted by molar-refractivity contribution is 7.92. The molecule has 0 heterocycles. The van der Waals surface area contributed by atoms with Gasteiger partial charge in [0, 0.05) is 19.0 Å². The number of rotatable bonds is 13. The Bertz CT molecular complexity index is 1820. The van der Waals surface area contributed by atoms with Crippen molar-refractivity contribution in [3.63, 3.8) is 0 Å². The van der Waals surface area contributed by atoms with Crippen molar-refractivity contribution in [2.24, 2.45) is 0 Å². The minimum Gasteiger partial charge on any atom is -0.352 e. The van der Waals surface area contributed by atoms with Gasteiger partial charge < -0.3 is 10.2 Å².